The fourth-order valence-corrected chi connectivity index (χ4v) is 11.2. The zero-order valence-corrected chi connectivity index (χ0v) is 23.5. The van der Waals surface area contributed by atoms with Crippen LogP contribution in [0.2, 0.25) is 0 Å². The van der Waals surface area contributed by atoms with Gasteiger partial charge in [-0.3, -0.25) is 41.7 Å². The Balaban J connectivity index is 1.26. The topological polar surface area (TPSA) is 78.7 Å². The van der Waals surface area contributed by atoms with E-state index in [2.05, 4.69) is 69.4 Å². The lowest BCUT2D eigenvalue weighted by Gasteiger charge is -2.51. The minimum absolute atomic E-state index is 0.266. The number of fused-ring (bicyclic) bond motifs is 12. The minimum Gasteiger partial charge on any atom is -0.287 e. The van der Waals surface area contributed by atoms with Crippen molar-refractivity contribution < 1.29 is 0 Å². The Hall–Kier alpha value is -0.320. The van der Waals surface area contributed by atoms with Crippen molar-refractivity contribution in [2.24, 2.45) is 35.5 Å². The molecule has 3 aliphatic carbocycles. The second kappa shape index (κ2) is 9.10. The van der Waals surface area contributed by atoms with Crippen molar-refractivity contribution in [1.29, 1.82) is 0 Å². The molecule has 0 spiro atoms. The van der Waals surface area contributed by atoms with Crippen LogP contribution in [0, 0.1) is 35.5 Å². The molecule has 5 heterocycles. The standard InChI is InChI=1S/C29H52N8/c1-14-5-9-22-20(11-14)18-7-8-19-21-12-15(2)6-10-23(21)37-27(19)26(18)36(22)28-32-16(3)30-24(34-28)13-25-31-17(4)33-29(37)35-25/h14-35H,5-13H2,1-4H3. The van der Waals surface area contributed by atoms with Crippen LogP contribution in [-0.2, 0) is 0 Å². The fraction of sp³-hybridized carbons (Fsp3) is 1.00. The first-order valence-electron chi connectivity index (χ1n) is 16.1. The van der Waals surface area contributed by atoms with Crippen molar-refractivity contribution in [1.82, 2.24) is 41.7 Å². The first kappa shape index (κ1) is 24.5. The number of hydrogen-bond acceptors (Lipinski definition) is 8. The van der Waals surface area contributed by atoms with Gasteiger partial charge in [0.1, 0.15) is 12.6 Å². The fourth-order valence-electron chi connectivity index (χ4n) is 11.2. The Morgan fingerprint density at radius 3 is 1.38 bits per heavy atom. The molecular formula is C29H52N8. The Kier molecular flexibility index (Phi) is 6.02. The van der Waals surface area contributed by atoms with Gasteiger partial charge in [-0.15, -0.1) is 0 Å². The largest absolute Gasteiger partial charge is 0.287 e. The molecule has 16 atom stereocenters. The van der Waals surface area contributed by atoms with E-state index in [9.17, 15) is 0 Å². The second-order valence-electron chi connectivity index (χ2n) is 14.7. The van der Waals surface area contributed by atoms with Gasteiger partial charge in [0.2, 0.25) is 0 Å². The molecule has 6 N–H and O–H groups in total. The molecule has 8 rings (SSSR count). The molecule has 8 aliphatic rings. The highest BCUT2D eigenvalue weighted by atomic mass is 15.6. The molecule has 0 amide bonds. The summed E-state index contributed by atoms with van der Waals surface area (Å²) in [6.45, 7) is 9.70. The monoisotopic (exact) mass is 512 g/mol. The van der Waals surface area contributed by atoms with E-state index in [-0.39, 0.29) is 12.6 Å². The van der Waals surface area contributed by atoms with Gasteiger partial charge in [0.25, 0.3) is 0 Å². The number of nitrogens with zero attached hydrogens (tertiary/aromatic N) is 2. The van der Waals surface area contributed by atoms with Gasteiger partial charge >= 0.3 is 0 Å². The summed E-state index contributed by atoms with van der Waals surface area (Å²) < 4.78 is 0. The highest BCUT2D eigenvalue weighted by molar-refractivity contribution is 5.17. The second-order valence-corrected chi connectivity index (χ2v) is 14.7. The average molecular weight is 513 g/mol. The molecule has 4 bridgehead atoms. The summed E-state index contributed by atoms with van der Waals surface area (Å²) in [7, 11) is 0. The van der Waals surface area contributed by atoms with Gasteiger partial charge in [-0.2, -0.15) is 0 Å². The molecule has 0 aromatic carbocycles. The molecule has 0 aromatic rings. The van der Waals surface area contributed by atoms with E-state index in [0.717, 1.165) is 54.0 Å². The van der Waals surface area contributed by atoms with Crippen LogP contribution in [0.4, 0.5) is 0 Å². The lowest BCUT2D eigenvalue weighted by molar-refractivity contribution is -0.0492. The first-order chi connectivity index (χ1) is 17.9. The van der Waals surface area contributed by atoms with Gasteiger partial charge in [0, 0.05) is 30.6 Å². The average Bonchev–Trinajstić information content (AvgIpc) is 3.35. The Labute approximate surface area is 224 Å². The van der Waals surface area contributed by atoms with Crippen LogP contribution >= 0.6 is 0 Å². The molecule has 16 unspecified atom stereocenters. The summed E-state index contributed by atoms with van der Waals surface area (Å²) in [5.41, 5.74) is 0. The molecule has 5 aliphatic heterocycles. The molecule has 5 saturated heterocycles. The van der Waals surface area contributed by atoms with Crippen molar-refractivity contribution in [2.45, 2.75) is 147 Å². The molecule has 37 heavy (non-hydrogen) atoms. The highest BCUT2D eigenvalue weighted by Crippen LogP contribution is 2.59. The van der Waals surface area contributed by atoms with Crippen LogP contribution in [0.15, 0.2) is 0 Å². The van der Waals surface area contributed by atoms with E-state index in [1.807, 2.05) is 0 Å². The molecule has 0 aromatic heterocycles. The van der Waals surface area contributed by atoms with Crippen LogP contribution in [0.25, 0.3) is 0 Å². The van der Waals surface area contributed by atoms with Crippen molar-refractivity contribution in [2.75, 3.05) is 0 Å². The summed E-state index contributed by atoms with van der Waals surface area (Å²) in [6, 6.07) is 2.76. The summed E-state index contributed by atoms with van der Waals surface area (Å²) >= 11 is 0. The lowest BCUT2D eigenvalue weighted by atomic mass is 9.64. The summed E-state index contributed by atoms with van der Waals surface area (Å²) in [5, 5.41) is 23.9. The van der Waals surface area contributed by atoms with Gasteiger partial charge < -0.3 is 0 Å². The van der Waals surface area contributed by atoms with Crippen LogP contribution in [0.1, 0.15) is 85.5 Å². The minimum atomic E-state index is 0.266. The third kappa shape index (κ3) is 3.84. The van der Waals surface area contributed by atoms with Crippen molar-refractivity contribution in [3.63, 3.8) is 0 Å². The molecule has 8 nitrogen and oxygen atoms in total. The third-order valence-electron chi connectivity index (χ3n) is 12.4. The number of nitrogens with one attached hydrogen (secondary N) is 6. The van der Waals surface area contributed by atoms with Crippen LogP contribution in [-0.4, -0.2) is 71.2 Å². The van der Waals surface area contributed by atoms with Gasteiger partial charge in [0.15, 0.2) is 0 Å². The quantitative estimate of drug-likeness (QED) is 0.294. The van der Waals surface area contributed by atoms with Crippen LogP contribution in [0.5, 0.6) is 0 Å². The maximum Gasteiger partial charge on any atom is 0.117 e. The van der Waals surface area contributed by atoms with E-state index in [0.29, 0.717) is 36.7 Å². The summed E-state index contributed by atoms with van der Waals surface area (Å²) in [4.78, 5) is 6.12. The summed E-state index contributed by atoms with van der Waals surface area (Å²) in [6.07, 6.45) is 14.2. The van der Waals surface area contributed by atoms with E-state index in [1.165, 1.54) is 51.4 Å². The molecule has 8 fully saturated rings. The molecular weight excluding hydrogens is 460 g/mol. The Morgan fingerprint density at radius 2 is 0.919 bits per heavy atom. The van der Waals surface area contributed by atoms with Crippen molar-refractivity contribution >= 4 is 0 Å². The van der Waals surface area contributed by atoms with Crippen molar-refractivity contribution in [3.05, 3.63) is 0 Å². The first-order valence-corrected chi connectivity index (χ1v) is 16.1. The van der Waals surface area contributed by atoms with E-state index in [1.54, 1.807) is 0 Å². The van der Waals surface area contributed by atoms with Gasteiger partial charge in [-0.05, 0) is 101 Å². The van der Waals surface area contributed by atoms with Gasteiger partial charge in [0.05, 0.1) is 24.7 Å². The van der Waals surface area contributed by atoms with Gasteiger partial charge in [-0.25, -0.2) is 0 Å². The SMILES string of the molecule is CC1CCC2C(C1)C1CCC3C4CC(C)CCC4N4C5NC(C)NC(CC6NC(C)NC(N6)N2C1C34)N5. The van der Waals surface area contributed by atoms with Crippen molar-refractivity contribution in [3.8, 4) is 0 Å². The Morgan fingerprint density at radius 1 is 0.459 bits per heavy atom. The van der Waals surface area contributed by atoms with E-state index < -0.39 is 0 Å². The zero-order chi connectivity index (χ0) is 25.0. The van der Waals surface area contributed by atoms with Crippen LogP contribution < -0.4 is 31.9 Å². The predicted molar refractivity (Wildman–Crippen MR) is 146 cm³/mol. The zero-order valence-electron chi connectivity index (χ0n) is 23.5. The smallest absolute Gasteiger partial charge is 0.117 e. The highest BCUT2D eigenvalue weighted by Gasteiger charge is 2.65. The van der Waals surface area contributed by atoms with E-state index in [4.69, 9.17) is 0 Å². The van der Waals surface area contributed by atoms with Crippen LogP contribution in [0.3, 0.4) is 0 Å². The van der Waals surface area contributed by atoms with Gasteiger partial charge in [-0.1, -0.05) is 13.8 Å². The number of hydrogen-bond donors (Lipinski definition) is 6. The third-order valence-corrected chi connectivity index (χ3v) is 12.4. The maximum absolute atomic E-state index is 4.11. The maximum atomic E-state index is 4.11. The molecule has 0 radical (unpaired) electrons. The molecule has 3 saturated carbocycles. The normalized spacial score (nSPS) is 59.7. The Bertz CT molecular complexity index is 803. The lowest BCUT2D eigenvalue weighted by Crippen LogP contribution is -2.74. The van der Waals surface area contributed by atoms with E-state index >= 15 is 0 Å². The molecule has 8 heteroatoms. The molecule has 208 valence electrons. The number of rotatable bonds is 0. The summed E-state index contributed by atoms with van der Waals surface area (Å²) in [5.74, 6) is 5.20. The predicted octanol–water partition coefficient (Wildman–Crippen LogP) is 1.87.